The summed E-state index contributed by atoms with van der Waals surface area (Å²) in [6, 6.07) is 0. The van der Waals surface area contributed by atoms with E-state index in [1.807, 2.05) is 0 Å². The quantitative estimate of drug-likeness (QED) is 0.464. The molecule has 0 aromatic rings. The van der Waals surface area contributed by atoms with Gasteiger partial charge in [0.15, 0.2) is 0 Å². The Labute approximate surface area is 112 Å². The fourth-order valence-corrected chi connectivity index (χ4v) is 2.32. The third kappa shape index (κ3) is 8.32. The summed E-state index contributed by atoms with van der Waals surface area (Å²) < 4.78 is 5.26. The molecule has 1 heterocycles. The molecule has 0 unspecified atom stereocenters. The molecule has 1 rings (SSSR count). The average molecular weight is 252 g/mol. The van der Waals surface area contributed by atoms with Gasteiger partial charge in [-0.25, -0.2) is 0 Å². The van der Waals surface area contributed by atoms with Crippen LogP contribution in [0.5, 0.6) is 0 Å². The normalized spacial score (nSPS) is 27.4. The van der Waals surface area contributed by atoms with Crippen molar-refractivity contribution >= 4 is 5.97 Å². The molecule has 2 heteroatoms. The highest BCUT2D eigenvalue weighted by atomic mass is 16.5. The lowest BCUT2D eigenvalue weighted by Crippen LogP contribution is -2.10. The Balaban J connectivity index is 2.29. The second kappa shape index (κ2) is 10.2. The van der Waals surface area contributed by atoms with Crippen molar-refractivity contribution in [3.8, 4) is 0 Å². The van der Waals surface area contributed by atoms with Crippen molar-refractivity contribution < 1.29 is 9.53 Å². The zero-order valence-corrected chi connectivity index (χ0v) is 11.8. The SMILES string of the molecule is C[C@@H]1CC/C=C/CCCCCCCCOC(=O)C1. The van der Waals surface area contributed by atoms with E-state index in [4.69, 9.17) is 4.74 Å². The molecule has 0 saturated heterocycles. The topological polar surface area (TPSA) is 26.3 Å². The minimum absolute atomic E-state index is 0.0152. The van der Waals surface area contributed by atoms with Gasteiger partial charge in [-0.2, -0.15) is 0 Å². The molecular weight excluding hydrogens is 224 g/mol. The summed E-state index contributed by atoms with van der Waals surface area (Å²) in [7, 11) is 0. The third-order valence-electron chi connectivity index (χ3n) is 3.54. The average Bonchev–Trinajstić information content (AvgIpc) is 2.33. The Morgan fingerprint density at radius 2 is 1.67 bits per heavy atom. The van der Waals surface area contributed by atoms with Gasteiger partial charge in [-0.1, -0.05) is 44.8 Å². The summed E-state index contributed by atoms with van der Waals surface area (Å²) >= 11 is 0. The zero-order chi connectivity index (χ0) is 13.1. The van der Waals surface area contributed by atoms with Gasteiger partial charge in [0.25, 0.3) is 0 Å². The van der Waals surface area contributed by atoms with Crippen LogP contribution in [0.4, 0.5) is 0 Å². The molecule has 1 aliphatic rings. The molecule has 2 nitrogen and oxygen atoms in total. The van der Waals surface area contributed by atoms with Gasteiger partial charge < -0.3 is 4.74 Å². The van der Waals surface area contributed by atoms with Crippen molar-refractivity contribution in [1.82, 2.24) is 0 Å². The minimum Gasteiger partial charge on any atom is -0.466 e. The fraction of sp³-hybridized carbons (Fsp3) is 0.812. The van der Waals surface area contributed by atoms with Crippen molar-refractivity contribution in [1.29, 1.82) is 0 Å². The molecule has 0 radical (unpaired) electrons. The van der Waals surface area contributed by atoms with Crippen LogP contribution in [0.3, 0.4) is 0 Å². The molecule has 0 aliphatic carbocycles. The summed E-state index contributed by atoms with van der Waals surface area (Å²) in [5.74, 6) is 0.425. The minimum atomic E-state index is -0.0152. The molecule has 0 fully saturated rings. The van der Waals surface area contributed by atoms with Crippen LogP contribution in [0.25, 0.3) is 0 Å². The summed E-state index contributed by atoms with van der Waals surface area (Å²) in [6.45, 7) is 2.75. The molecule has 0 N–H and O–H groups in total. The van der Waals surface area contributed by atoms with Crippen molar-refractivity contribution in [2.75, 3.05) is 6.61 Å². The molecule has 0 aromatic carbocycles. The number of rotatable bonds is 0. The lowest BCUT2D eigenvalue weighted by molar-refractivity contribution is -0.144. The van der Waals surface area contributed by atoms with Crippen LogP contribution in [0.2, 0.25) is 0 Å². The number of carbonyl (C=O) groups excluding carboxylic acids is 1. The highest BCUT2D eigenvalue weighted by Gasteiger charge is 2.09. The Hall–Kier alpha value is -0.790. The monoisotopic (exact) mass is 252 g/mol. The molecule has 1 aliphatic heterocycles. The van der Waals surface area contributed by atoms with Crippen LogP contribution < -0.4 is 0 Å². The maximum atomic E-state index is 11.5. The fourth-order valence-electron chi connectivity index (χ4n) is 2.32. The summed E-state index contributed by atoms with van der Waals surface area (Å²) in [5.41, 5.74) is 0. The first-order chi connectivity index (χ1) is 8.79. The van der Waals surface area contributed by atoms with E-state index in [1.54, 1.807) is 0 Å². The third-order valence-corrected chi connectivity index (χ3v) is 3.54. The summed E-state index contributed by atoms with van der Waals surface area (Å²) in [4.78, 5) is 11.5. The van der Waals surface area contributed by atoms with E-state index >= 15 is 0 Å². The standard InChI is InChI=1S/C16H28O2/c1-15-12-10-8-6-4-2-3-5-7-9-11-13-18-16(17)14-15/h6,8,15H,2-5,7,9-14H2,1H3/b8-6+/t15-/m1/s1. The van der Waals surface area contributed by atoms with Gasteiger partial charge in [0.05, 0.1) is 6.61 Å². The van der Waals surface area contributed by atoms with Gasteiger partial charge in [0.1, 0.15) is 0 Å². The summed E-state index contributed by atoms with van der Waals surface area (Å²) in [6.07, 6.45) is 16.0. The van der Waals surface area contributed by atoms with Crippen LogP contribution in [0.1, 0.15) is 71.1 Å². The smallest absolute Gasteiger partial charge is 0.306 e. The molecule has 0 bridgehead atoms. The van der Waals surface area contributed by atoms with Gasteiger partial charge in [0, 0.05) is 6.42 Å². The highest BCUT2D eigenvalue weighted by molar-refractivity contribution is 5.69. The van der Waals surface area contributed by atoms with Gasteiger partial charge >= 0.3 is 5.97 Å². The number of hydrogen-bond donors (Lipinski definition) is 0. The summed E-state index contributed by atoms with van der Waals surface area (Å²) in [5, 5.41) is 0. The van der Waals surface area contributed by atoms with Crippen molar-refractivity contribution in [3.63, 3.8) is 0 Å². The first kappa shape index (κ1) is 15.3. The van der Waals surface area contributed by atoms with Crippen molar-refractivity contribution in [3.05, 3.63) is 12.2 Å². The first-order valence-electron chi connectivity index (χ1n) is 7.59. The van der Waals surface area contributed by atoms with Gasteiger partial charge in [0.2, 0.25) is 0 Å². The zero-order valence-electron chi connectivity index (χ0n) is 11.8. The second-order valence-corrected chi connectivity index (χ2v) is 5.49. The van der Waals surface area contributed by atoms with Crippen LogP contribution in [-0.2, 0) is 9.53 Å². The molecular formula is C16H28O2. The van der Waals surface area contributed by atoms with E-state index in [-0.39, 0.29) is 5.97 Å². The number of allylic oxidation sites excluding steroid dienone is 2. The van der Waals surface area contributed by atoms with Gasteiger partial charge in [-0.05, 0) is 38.0 Å². The van der Waals surface area contributed by atoms with Crippen LogP contribution >= 0.6 is 0 Å². The molecule has 104 valence electrons. The lowest BCUT2D eigenvalue weighted by Gasteiger charge is -2.10. The molecule has 1 atom stereocenters. The van der Waals surface area contributed by atoms with E-state index in [2.05, 4.69) is 19.1 Å². The van der Waals surface area contributed by atoms with Crippen LogP contribution in [-0.4, -0.2) is 12.6 Å². The lowest BCUT2D eigenvalue weighted by atomic mass is 10.0. The Morgan fingerprint density at radius 3 is 2.50 bits per heavy atom. The molecule has 0 amide bonds. The van der Waals surface area contributed by atoms with Crippen LogP contribution in [0.15, 0.2) is 12.2 Å². The largest absolute Gasteiger partial charge is 0.466 e. The molecule has 0 saturated carbocycles. The molecule has 0 aromatic heterocycles. The van der Waals surface area contributed by atoms with E-state index < -0.39 is 0 Å². The second-order valence-electron chi connectivity index (χ2n) is 5.49. The van der Waals surface area contributed by atoms with Crippen molar-refractivity contribution in [2.24, 2.45) is 5.92 Å². The van der Waals surface area contributed by atoms with E-state index in [0.29, 0.717) is 18.9 Å². The number of hydrogen-bond acceptors (Lipinski definition) is 2. The number of cyclic esters (lactones) is 1. The number of esters is 1. The van der Waals surface area contributed by atoms with Crippen molar-refractivity contribution in [2.45, 2.75) is 71.1 Å². The highest BCUT2D eigenvalue weighted by Crippen LogP contribution is 2.13. The van der Waals surface area contributed by atoms with E-state index in [0.717, 1.165) is 19.3 Å². The number of ether oxygens (including phenoxy) is 1. The maximum Gasteiger partial charge on any atom is 0.306 e. The maximum absolute atomic E-state index is 11.5. The predicted molar refractivity (Wildman–Crippen MR) is 75.4 cm³/mol. The Kier molecular flexibility index (Phi) is 8.62. The van der Waals surface area contributed by atoms with E-state index in [1.165, 1.54) is 38.5 Å². The number of carbonyl (C=O) groups is 1. The van der Waals surface area contributed by atoms with Gasteiger partial charge in [-0.3, -0.25) is 4.79 Å². The Bertz CT molecular complexity index is 245. The van der Waals surface area contributed by atoms with E-state index in [9.17, 15) is 4.79 Å². The van der Waals surface area contributed by atoms with Gasteiger partial charge in [-0.15, -0.1) is 0 Å². The predicted octanol–water partition coefficient (Wildman–Crippen LogP) is 4.64. The first-order valence-corrected chi connectivity index (χ1v) is 7.59. The molecule has 0 spiro atoms. The Morgan fingerprint density at radius 1 is 1.00 bits per heavy atom. The molecule has 18 heavy (non-hydrogen) atoms. The van der Waals surface area contributed by atoms with Crippen LogP contribution in [0, 0.1) is 5.92 Å².